The van der Waals surface area contributed by atoms with Crippen molar-refractivity contribution in [2.24, 2.45) is 0 Å². The smallest absolute Gasteiger partial charge is 0.248 e. The summed E-state index contributed by atoms with van der Waals surface area (Å²) in [5.74, 6) is 0. The van der Waals surface area contributed by atoms with Gasteiger partial charge in [0.25, 0.3) is 0 Å². The van der Waals surface area contributed by atoms with Gasteiger partial charge in [0.05, 0.1) is 0 Å². The van der Waals surface area contributed by atoms with E-state index in [9.17, 15) is 0 Å². The second kappa shape index (κ2) is 10.7. The Balaban J connectivity index is 1.32. The molecule has 0 bridgehead atoms. The Morgan fingerprint density at radius 3 is 1.60 bits per heavy atom. The van der Waals surface area contributed by atoms with Crippen molar-refractivity contribution in [1.29, 1.82) is 0 Å². The molecule has 2 heterocycles. The third kappa shape index (κ3) is 4.23. The number of benzene rings is 7. The van der Waals surface area contributed by atoms with Gasteiger partial charge in [-0.15, -0.1) is 11.3 Å². The Morgan fingerprint density at radius 2 is 0.956 bits per heavy atom. The maximum Gasteiger partial charge on any atom is 0.248 e. The Kier molecular flexibility index (Phi) is 6.17. The number of thiophene rings is 1. The Morgan fingerprint density at radius 1 is 0.422 bits per heavy atom. The van der Waals surface area contributed by atoms with Crippen LogP contribution < -0.4 is 21.3 Å². The van der Waals surface area contributed by atoms with Gasteiger partial charge in [-0.2, -0.15) is 0 Å². The van der Waals surface area contributed by atoms with Crippen LogP contribution in [0.5, 0.6) is 0 Å². The molecule has 0 saturated heterocycles. The van der Waals surface area contributed by atoms with E-state index in [1.165, 1.54) is 75.9 Å². The van der Waals surface area contributed by atoms with Crippen LogP contribution in [0, 0.1) is 0 Å². The molecule has 0 radical (unpaired) electrons. The van der Waals surface area contributed by atoms with Crippen molar-refractivity contribution in [3.05, 3.63) is 170 Å². The minimum atomic E-state index is 0.0472. The highest BCUT2D eigenvalue weighted by Gasteiger charge is 2.37. The standard InChI is InChI=1S/C42H28BNS/c1-3-14-29(15-4-1)32-19-13-20-33(30-16-5-2-6-17-30)42(32)43-36-21-8-10-23-38(36)44(39-24-11-9-22-37(39)43)31-26-27-41-35(28-31)34-18-7-12-25-40(34)45-41/h1-28H. The third-order valence-corrected chi connectivity index (χ3v) is 10.3. The summed E-state index contributed by atoms with van der Waals surface area (Å²) in [7, 11) is 0. The van der Waals surface area contributed by atoms with E-state index in [1.54, 1.807) is 0 Å². The molecule has 1 aliphatic heterocycles. The SMILES string of the molecule is c1ccc(-c2cccc(-c3ccccc3)c2B2c3ccccc3N(c3ccc4sc5ccccc5c4c3)c3ccccc32)cc1. The summed E-state index contributed by atoms with van der Waals surface area (Å²) < 4.78 is 2.65. The van der Waals surface area contributed by atoms with Crippen molar-refractivity contribution in [2.45, 2.75) is 0 Å². The molecular weight excluding hydrogens is 561 g/mol. The largest absolute Gasteiger partial charge is 0.311 e. The molecule has 1 nitrogen and oxygen atoms in total. The number of para-hydroxylation sites is 2. The maximum atomic E-state index is 2.47. The van der Waals surface area contributed by atoms with Gasteiger partial charge in [0.15, 0.2) is 0 Å². The Labute approximate surface area is 267 Å². The number of hydrogen-bond donors (Lipinski definition) is 0. The van der Waals surface area contributed by atoms with Crippen LogP contribution in [0.2, 0.25) is 0 Å². The zero-order valence-electron chi connectivity index (χ0n) is 24.6. The van der Waals surface area contributed by atoms with Crippen LogP contribution in [0.1, 0.15) is 0 Å². The van der Waals surface area contributed by atoms with E-state index in [1.807, 2.05) is 11.3 Å². The molecule has 7 aromatic carbocycles. The zero-order chi connectivity index (χ0) is 29.7. The van der Waals surface area contributed by atoms with Gasteiger partial charge < -0.3 is 4.90 Å². The lowest BCUT2D eigenvalue weighted by molar-refractivity contribution is 1.30. The first-order valence-corrected chi connectivity index (χ1v) is 16.3. The molecule has 1 aromatic heterocycles. The number of nitrogens with zero attached hydrogens (tertiary/aromatic N) is 1. The monoisotopic (exact) mass is 589 g/mol. The van der Waals surface area contributed by atoms with E-state index in [0.717, 1.165) is 0 Å². The van der Waals surface area contributed by atoms with Crippen LogP contribution in [0.15, 0.2) is 170 Å². The molecule has 0 fully saturated rings. The summed E-state index contributed by atoms with van der Waals surface area (Å²) in [5.41, 5.74) is 12.6. The maximum absolute atomic E-state index is 2.47. The summed E-state index contributed by atoms with van der Waals surface area (Å²) in [6.07, 6.45) is 0. The van der Waals surface area contributed by atoms with E-state index in [2.05, 4.69) is 175 Å². The first-order chi connectivity index (χ1) is 22.3. The van der Waals surface area contributed by atoms with Gasteiger partial charge in [-0.1, -0.05) is 139 Å². The highest BCUT2D eigenvalue weighted by Crippen LogP contribution is 2.41. The summed E-state index contributed by atoms with van der Waals surface area (Å²) in [6, 6.07) is 62.2. The average Bonchev–Trinajstić information content (AvgIpc) is 3.49. The van der Waals surface area contributed by atoms with Crippen LogP contribution in [0.25, 0.3) is 42.4 Å². The Bertz CT molecular complexity index is 2240. The normalized spacial score (nSPS) is 12.4. The van der Waals surface area contributed by atoms with Crippen LogP contribution >= 0.6 is 11.3 Å². The average molecular weight is 590 g/mol. The molecule has 9 rings (SSSR count). The first kappa shape index (κ1) is 26.1. The molecule has 3 heteroatoms. The molecule has 45 heavy (non-hydrogen) atoms. The van der Waals surface area contributed by atoms with Gasteiger partial charge in [0.2, 0.25) is 6.71 Å². The molecule has 0 atom stereocenters. The molecule has 1 aliphatic rings. The van der Waals surface area contributed by atoms with Gasteiger partial charge in [0.1, 0.15) is 0 Å². The molecule has 0 N–H and O–H groups in total. The number of hydrogen-bond acceptors (Lipinski definition) is 2. The van der Waals surface area contributed by atoms with Crippen LogP contribution in [-0.4, -0.2) is 6.71 Å². The molecule has 0 spiro atoms. The van der Waals surface area contributed by atoms with Crippen molar-refractivity contribution in [3.8, 4) is 22.3 Å². The van der Waals surface area contributed by atoms with E-state index in [-0.39, 0.29) is 6.71 Å². The first-order valence-electron chi connectivity index (χ1n) is 15.5. The fourth-order valence-electron chi connectivity index (χ4n) is 7.23. The number of rotatable bonds is 4. The van der Waals surface area contributed by atoms with Gasteiger partial charge >= 0.3 is 0 Å². The minimum absolute atomic E-state index is 0.0472. The second-order valence-corrected chi connectivity index (χ2v) is 12.7. The van der Waals surface area contributed by atoms with Crippen LogP contribution in [-0.2, 0) is 0 Å². The quantitative estimate of drug-likeness (QED) is 0.185. The predicted molar refractivity (Wildman–Crippen MR) is 196 cm³/mol. The summed E-state index contributed by atoms with van der Waals surface area (Å²) in [6.45, 7) is 0.0472. The summed E-state index contributed by atoms with van der Waals surface area (Å²) in [5, 5.41) is 2.63. The fourth-order valence-corrected chi connectivity index (χ4v) is 8.31. The van der Waals surface area contributed by atoms with Crippen molar-refractivity contribution < 1.29 is 0 Å². The van der Waals surface area contributed by atoms with Crippen molar-refractivity contribution >= 4 is 71.7 Å². The topological polar surface area (TPSA) is 3.24 Å². The van der Waals surface area contributed by atoms with E-state index < -0.39 is 0 Å². The minimum Gasteiger partial charge on any atom is -0.311 e. The van der Waals surface area contributed by atoms with Gasteiger partial charge in [-0.25, -0.2) is 0 Å². The van der Waals surface area contributed by atoms with Gasteiger partial charge in [0, 0.05) is 37.2 Å². The van der Waals surface area contributed by atoms with Crippen LogP contribution in [0.3, 0.4) is 0 Å². The lowest BCUT2D eigenvalue weighted by Gasteiger charge is -2.38. The summed E-state index contributed by atoms with van der Waals surface area (Å²) >= 11 is 1.87. The lowest BCUT2D eigenvalue weighted by atomic mass is 9.33. The van der Waals surface area contributed by atoms with E-state index in [0.29, 0.717) is 0 Å². The van der Waals surface area contributed by atoms with Crippen molar-refractivity contribution in [2.75, 3.05) is 4.90 Å². The summed E-state index contributed by atoms with van der Waals surface area (Å²) in [4.78, 5) is 2.47. The van der Waals surface area contributed by atoms with Crippen LogP contribution in [0.4, 0.5) is 17.1 Å². The molecule has 0 aliphatic carbocycles. The molecule has 0 saturated carbocycles. The molecule has 8 aromatic rings. The van der Waals surface area contributed by atoms with Crippen molar-refractivity contribution in [1.82, 2.24) is 0 Å². The molecule has 0 amide bonds. The third-order valence-electron chi connectivity index (χ3n) is 9.16. The second-order valence-electron chi connectivity index (χ2n) is 11.7. The highest BCUT2D eigenvalue weighted by molar-refractivity contribution is 7.25. The van der Waals surface area contributed by atoms with Gasteiger partial charge in [-0.05, 0) is 69.6 Å². The molecular formula is C42H28BNS. The Hall–Kier alpha value is -5.38. The number of anilines is 3. The van der Waals surface area contributed by atoms with E-state index >= 15 is 0 Å². The van der Waals surface area contributed by atoms with Gasteiger partial charge in [-0.3, -0.25) is 0 Å². The number of fused-ring (bicyclic) bond motifs is 5. The molecule has 210 valence electrons. The predicted octanol–water partition coefficient (Wildman–Crippen LogP) is 9.69. The zero-order valence-corrected chi connectivity index (χ0v) is 25.4. The molecule has 0 unspecified atom stereocenters. The van der Waals surface area contributed by atoms with E-state index in [4.69, 9.17) is 0 Å². The lowest BCUT2D eigenvalue weighted by Crippen LogP contribution is -2.58. The van der Waals surface area contributed by atoms with Crippen molar-refractivity contribution in [3.63, 3.8) is 0 Å². The fraction of sp³-hybridized carbons (Fsp3) is 0. The highest BCUT2D eigenvalue weighted by atomic mass is 32.1.